The molecule has 0 amide bonds. The SMILES string of the molecule is CC(C)C1N=C(C2CCC(Oc3ncnc4c3ncn4-c3ccc(C#N)cc3F)CC2)ON1. The van der Waals surface area contributed by atoms with Crippen molar-refractivity contribution in [2.45, 2.75) is 51.8 Å². The average molecular weight is 449 g/mol. The lowest BCUT2D eigenvalue weighted by atomic mass is 9.87. The average Bonchev–Trinajstić information content (AvgIpc) is 3.48. The van der Waals surface area contributed by atoms with Crippen molar-refractivity contribution in [1.29, 1.82) is 5.26 Å². The Labute approximate surface area is 190 Å². The second-order valence-electron chi connectivity index (χ2n) is 8.71. The smallest absolute Gasteiger partial charge is 0.245 e. The van der Waals surface area contributed by atoms with Gasteiger partial charge in [0.2, 0.25) is 11.8 Å². The molecule has 1 unspecified atom stereocenters. The predicted molar refractivity (Wildman–Crippen MR) is 118 cm³/mol. The van der Waals surface area contributed by atoms with Crippen molar-refractivity contribution < 1.29 is 14.0 Å². The van der Waals surface area contributed by atoms with Crippen molar-refractivity contribution >= 4 is 17.1 Å². The van der Waals surface area contributed by atoms with E-state index in [0.29, 0.717) is 23.0 Å². The van der Waals surface area contributed by atoms with Crippen molar-refractivity contribution in [3.63, 3.8) is 0 Å². The second kappa shape index (κ2) is 8.75. The van der Waals surface area contributed by atoms with E-state index in [1.165, 1.54) is 29.4 Å². The van der Waals surface area contributed by atoms with E-state index in [-0.39, 0.29) is 29.4 Å². The molecule has 2 aliphatic rings. The number of hydroxylamine groups is 1. The molecule has 170 valence electrons. The molecule has 1 aliphatic heterocycles. The fraction of sp³-hybridized carbons (Fsp3) is 0.435. The van der Waals surface area contributed by atoms with Gasteiger partial charge in [-0.05, 0) is 49.8 Å². The summed E-state index contributed by atoms with van der Waals surface area (Å²) in [5.41, 5.74) is 4.41. The van der Waals surface area contributed by atoms with Gasteiger partial charge in [0.15, 0.2) is 11.2 Å². The molecule has 1 aromatic carbocycles. The lowest BCUT2D eigenvalue weighted by molar-refractivity contribution is 0.119. The van der Waals surface area contributed by atoms with Gasteiger partial charge in [0.1, 0.15) is 30.7 Å². The van der Waals surface area contributed by atoms with Gasteiger partial charge in [-0.3, -0.25) is 4.57 Å². The van der Waals surface area contributed by atoms with E-state index >= 15 is 0 Å². The van der Waals surface area contributed by atoms with E-state index in [1.54, 1.807) is 6.07 Å². The summed E-state index contributed by atoms with van der Waals surface area (Å²) in [6.45, 7) is 4.22. The lowest BCUT2D eigenvalue weighted by Crippen LogP contribution is -2.30. The van der Waals surface area contributed by atoms with Crippen LogP contribution in [0.4, 0.5) is 4.39 Å². The molecule has 9 nitrogen and oxygen atoms in total. The molecule has 0 radical (unpaired) electrons. The Balaban J connectivity index is 1.30. The molecule has 0 spiro atoms. The molecule has 3 aromatic rings. The van der Waals surface area contributed by atoms with Crippen LogP contribution in [0.3, 0.4) is 0 Å². The van der Waals surface area contributed by atoms with Crippen LogP contribution in [0.2, 0.25) is 0 Å². The number of ether oxygens (including phenoxy) is 1. The first-order valence-electron chi connectivity index (χ1n) is 11.1. The molecular weight excluding hydrogens is 425 g/mol. The first-order chi connectivity index (χ1) is 16.0. The standard InChI is InChI=1S/C23H24FN7O2/c1-13(2)20-29-22(33-30-20)15-4-6-16(7-5-15)32-23-19-21(26-11-27-23)31(12-28-19)18-8-3-14(10-25)9-17(18)24/h3,8-9,11-13,15-16,20,30H,4-7H2,1-2H3. The molecular formula is C23H24FN7O2. The quantitative estimate of drug-likeness (QED) is 0.633. The minimum absolute atomic E-state index is 0.00740. The van der Waals surface area contributed by atoms with Crippen LogP contribution in [-0.4, -0.2) is 37.7 Å². The molecule has 33 heavy (non-hydrogen) atoms. The van der Waals surface area contributed by atoms with E-state index in [9.17, 15) is 4.39 Å². The normalized spacial score (nSPS) is 22.8. The zero-order valence-corrected chi connectivity index (χ0v) is 18.4. The number of nitrogens with one attached hydrogen (secondary N) is 1. The summed E-state index contributed by atoms with van der Waals surface area (Å²) in [7, 11) is 0. The summed E-state index contributed by atoms with van der Waals surface area (Å²) in [5, 5.41) is 8.97. The summed E-state index contributed by atoms with van der Waals surface area (Å²) >= 11 is 0. The van der Waals surface area contributed by atoms with Gasteiger partial charge in [0.05, 0.1) is 17.3 Å². The molecule has 0 saturated heterocycles. The van der Waals surface area contributed by atoms with Gasteiger partial charge in [0.25, 0.3) is 0 Å². The third-order valence-electron chi connectivity index (χ3n) is 6.12. The number of nitrogens with zero attached hydrogens (tertiary/aromatic N) is 6. The highest BCUT2D eigenvalue weighted by molar-refractivity contribution is 5.80. The summed E-state index contributed by atoms with van der Waals surface area (Å²) in [5.74, 6) is 1.30. The Hall–Kier alpha value is -3.58. The van der Waals surface area contributed by atoms with Crippen LogP contribution in [0.15, 0.2) is 35.8 Å². The first-order valence-corrected chi connectivity index (χ1v) is 11.1. The summed E-state index contributed by atoms with van der Waals surface area (Å²) in [6.07, 6.45) is 6.39. The highest BCUT2D eigenvalue weighted by atomic mass is 19.1. The summed E-state index contributed by atoms with van der Waals surface area (Å²) < 4.78 is 22.3. The molecule has 2 aromatic heterocycles. The second-order valence-corrected chi connectivity index (χ2v) is 8.71. The molecule has 1 fully saturated rings. The summed E-state index contributed by atoms with van der Waals surface area (Å²) in [6, 6.07) is 6.21. The Bertz CT molecular complexity index is 1240. The monoisotopic (exact) mass is 449 g/mol. The van der Waals surface area contributed by atoms with Gasteiger partial charge in [-0.25, -0.2) is 19.4 Å². The Morgan fingerprint density at radius 2 is 2.03 bits per heavy atom. The number of hydrogen-bond donors (Lipinski definition) is 1. The maximum absolute atomic E-state index is 14.5. The van der Waals surface area contributed by atoms with Gasteiger partial charge in [-0.15, -0.1) is 5.48 Å². The van der Waals surface area contributed by atoms with Crippen LogP contribution in [0, 0.1) is 29.0 Å². The van der Waals surface area contributed by atoms with E-state index < -0.39 is 5.82 Å². The van der Waals surface area contributed by atoms with Crippen LogP contribution >= 0.6 is 0 Å². The maximum Gasteiger partial charge on any atom is 0.245 e. The minimum atomic E-state index is -0.529. The number of halogens is 1. The van der Waals surface area contributed by atoms with E-state index in [1.807, 2.05) is 6.07 Å². The Morgan fingerprint density at radius 3 is 2.73 bits per heavy atom. The van der Waals surface area contributed by atoms with Gasteiger partial charge in [0, 0.05) is 5.92 Å². The number of hydrogen-bond acceptors (Lipinski definition) is 8. The molecule has 1 N–H and O–H groups in total. The van der Waals surface area contributed by atoms with Crippen LogP contribution in [-0.2, 0) is 4.84 Å². The number of benzene rings is 1. The molecule has 5 rings (SSSR count). The van der Waals surface area contributed by atoms with Crippen molar-refractivity contribution in [1.82, 2.24) is 25.0 Å². The van der Waals surface area contributed by atoms with Crippen molar-refractivity contribution in [2.24, 2.45) is 16.8 Å². The zero-order chi connectivity index (χ0) is 22.9. The number of fused-ring (bicyclic) bond motifs is 1. The molecule has 1 saturated carbocycles. The van der Waals surface area contributed by atoms with Crippen molar-refractivity contribution in [3.05, 3.63) is 42.2 Å². The Kier molecular flexibility index (Phi) is 5.64. The fourth-order valence-electron chi connectivity index (χ4n) is 4.22. The molecule has 10 heteroatoms. The third-order valence-corrected chi connectivity index (χ3v) is 6.12. The number of nitriles is 1. The third kappa shape index (κ3) is 4.12. The number of aliphatic imine (C=N–C) groups is 1. The van der Waals surface area contributed by atoms with Gasteiger partial charge in [-0.2, -0.15) is 10.2 Å². The van der Waals surface area contributed by atoms with E-state index in [0.717, 1.165) is 31.6 Å². The predicted octanol–water partition coefficient (Wildman–Crippen LogP) is 3.68. The number of rotatable bonds is 5. The molecule has 1 atom stereocenters. The van der Waals surface area contributed by atoms with Gasteiger partial charge < -0.3 is 9.57 Å². The zero-order valence-electron chi connectivity index (χ0n) is 18.4. The van der Waals surface area contributed by atoms with Crippen molar-refractivity contribution in [2.75, 3.05) is 0 Å². The molecule has 0 bridgehead atoms. The highest BCUT2D eigenvalue weighted by Crippen LogP contribution is 2.32. The largest absolute Gasteiger partial charge is 0.473 e. The van der Waals surface area contributed by atoms with Crippen LogP contribution in [0.25, 0.3) is 16.9 Å². The number of aromatic nitrogens is 4. The topological polar surface area (TPSA) is 110 Å². The first kappa shape index (κ1) is 21.3. The highest BCUT2D eigenvalue weighted by Gasteiger charge is 2.32. The lowest BCUT2D eigenvalue weighted by Gasteiger charge is -2.27. The van der Waals surface area contributed by atoms with Gasteiger partial charge >= 0.3 is 0 Å². The fourth-order valence-corrected chi connectivity index (χ4v) is 4.22. The number of imidazole rings is 1. The van der Waals surface area contributed by atoms with Crippen LogP contribution in [0.5, 0.6) is 5.88 Å². The van der Waals surface area contributed by atoms with Crippen molar-refractivity contribution in [3.8, 4) is 17.6 Å². The minimum Gasteiger partial charge on any atom is -0.473 e. The van der Waals surface area contributed by atoms with Crippen LogP contribution in [0.1, 0.15) is 45.1 Å². The Morgan fingerprint density at radius 1 is 1.21 bits per heavy atom. The van der Waals surface area contributed by atoms with Gasteiger partial charge in [-0.1, -0.05) is 13.8 Å². The summed E-state index contributed by atoms with van der Waals surface area (Å²) in [4.78, 5) is 23.2. The van der Waals surface area contributed by atoms with E-state index in [2.05, 4.69) is 39.3 Å². The molecule has 3 heterocycles. The molecule has 1 aliphatic carbocycles. The van der Waals surface area contributed by atoms with Crippen LogP contribution < -0.4 is 10.2 Å². The maximum atomic E-state index is 14.5. The van der Waals surface area contributed by atoms with E-state index in [4.69, 9.17) is 14.8 Å².